The second-order valence-corrected chi connectivity index (χ2v) is 7.02. The lowest BCUT2D eigenvalue weighted by Crippen LogP contribution is -2.41. The maximum atomic E-state index is 12.2. The molecule has 23 heavy (non-hydrogen) atoms. The van der Waals surface area contributed by atoms with Crippen molar-refractivity contribution in [3.8, 4) is 0 Å². The number of urea groups is 1. The van der Waals surface area contributed by atoms with Crippen molar-refractivity contribution in [3.05, 3.63) is 29.8 Å². The molecule has 0 bridgehead atoms. The van der Waals surface area contributed by atoms with Crippen molar-refractivity contribution in [3.63, 3.8) is 0 Å². The number of carbonyl (C=O) groups is 3. The molecule has 0 aromatic heterocycles. The Balaban J connectivity index is 2.16. The summed E-state index contributed by atoms with van der Waals surface area (Å²) in [6, 6.07) is 5.02. The largest absolute Gasteiger partial charge is 0.449 e. The van der Waals surface area contributed by atoms with Crippen molar-refractivity contribution in [2.45, 2.75) is 17.9 Å². The molecule has 0 aliphatic carbocycles. The molecule has 9 heteroatoms. The minimum absolute atomic E-state index is 0.152. The minimum atomic E-state index is -3.62. The lowest BCUT2D eigenvalue weighted by Gasteiger charge is -2.18. The molecule has 1 saturated heterocycles. The second-order valence-electron chi connectivity index (χ2n) is 5.04. The average molecular weight is 340 g/mol. The highest BCUT2D eigenvalue weighted by Gasteiger charge is 2.32. The van der Waals surface area contributed by atoms with Crippen LogP contribution >= 0.6 is 0 Å². The molecule has 1 unspecified atom stereocenters. The zero-order valence-electron chi connectivity index (χ0n) is 12.6. The molecule has 1 aromatic rings. The van der Waals surface area contributed by atoms with Crippen LogP contribution in [0.25, 0.3) is 0 Å². The summed E-state index contributed by atoms with van der Waals surface area (Å²) in [6.45, 7) is 1.86. The monoisotopic (exact) mass is 340 g/mol. The Morgan fingerprint density at radius 1 is 1.30 bits per heavy atom. The molecule has 1 aromatic carbocycles. The van der Waals surface area contributed by atoms with Crippen LogP contribution < -0.4 is 5.32 Å². The number of esters is 1. The zero-order chi connectivity index (χ0) is 17.2. The van der Waals surface area contributed by atoms with Crippen molar-refractivity contribution < 1.29 is 27.5 Å². The summed E-state index contributed by atoms with van der Waals surface area (Å²) in [5, 5.41) is 2.47. The number of carbonyl (C=O) groups excluding carboxylic acids is 3. The Labute approximate surface area is 133 Å². The van der Waals surface area contributed by atoms with E-state index in [1.165, 1.54) is 31.2 Å². The molecule has 0 spiro atoms. The van der Waals surface area contributed by atoms with Gasteiger partial charge in [0.25, 0.3) is 5.91 Å². The summed E-state index contributed by atoms with van der Waals surface area (Å²) >= 11 is 0. The van der Waals surface area contributed by atoms with Crippen LogP contribution in [0.15, 0.2) is 29.2 Å². The van der Waals surface area contributed by atoms with Crippen LogP contribution in [-0.2, 0) is 19.4 Å². The maximum absolute atomic E-state index is 12.2. The van der Waals surface area contributed by atoms with E-state index in [2.05, 4.69) is 5.32 Å². The number of sulfone groups is 1. The van der Waals surface area contributed by atoms with Crippen LogP contribution in [0.5, 0.6) is 0 Å². The van der Waals surface area contributed by atoms with Gasteiger partial charge in [-0.1, -0.05) is 12.1 Å². The van der Waals surface area contributed by atoms with E-state index in [9.17, 15) is 22.8 Å². The molecular weight excluding hydrogens is 324 g/mol. The number of nitrogens with one attached hydrogen (secondary N) is 1. The predicted molar refractivity (Wildman–Crippen MR) is 79.5 cm³/mol. The smallest absolute Gasteiger partial charge is 0.340 e. The molecule has 1 aliphatic rings. The van der Waals surface area contributed by atoms with Gasteiger partial charge in [0.2, 0.25) is 0 Å². The van der Waals surface area contributed by atoms with Crippen molar-refractivity contribution in [2.75, 3.05) is 19.3 Å². The Morgan fingerprint density at radius 3 is 2.52 bits per heavy atom. The van der Waals surface area contributed by atoms with E-state index in [-0.39, 0.29) is 17.0 Å². The first-order chi connectivity index (χ1) is 10.7. The number of nitrogens with zero attached hydrogens (tertiary/aromatic N) is 1. The third-order valence-electron chi connectivity index (χ3n) is 3.26. The first kappa shape index (κ1) is 16.9. The molecule has 1 atom stereocenters. The van der Waals surface area contributed by atoms with E-state index in [1.807, 2.05) is 0 Å². The summed E-state index contributed by atoms with van der Waals surface area (Å²) in [4.78, 5) is 36.4. The second kappa shape index (κ2) is 6.37. The molecule has 2 rings (SSSR count). The molecule has 0 saturated carbocycles. The number of rotatable bonds is 4. The van der Waals surface area contributed by atoms with Gasteiger partial charge < -0.3 is 10.1 Å². The van der Waals surface area contributed by atoms with Gasteiger partial charge in [-0.15, -0.1) is 0 Å². The summed E-state index contributed by atoms with van der Waals surface area (Å²) < 4.78 is 28.4. The number of imide groups is 1. The summed E-state index contributed by atoms with van der Waals surface area (Å²) in [5.41, 5.74) is -0.152. The number of benzene rings is 1. The maximum Gasteiger partial charge on any atom is 0.340 e. The quantitative estimate of drug-likeness (QED) is 0.783. The fourth-order valence-corrected chi connectivity index (χ4v) is 3.01. The fraction of sp³-hybridized carbons (Fsp3) is 0.357. The highest BCUT2D eigenvalue weighted by molar-refractivity contribution is 7.90. The van der Waals surface area contributed by atoms with Gasteiger partial charge in [0.1, 0.15) is 0 Å². The van der Waals surface area contributed by atoms with Crippen LogP contribution in [0, 0.1) is 0 Å². The van der Waals surface area contributed by atoms with E-state index >= 15 is 0 Å². The number of hydrogen-bond acceptors (Lipinski definition) is 6. The van der Waals surface area contributed by atoms with Gasteiger partial charge in [-0.05, 0) is 19.1 Å². The van der Waals surface area contributed by atoms with E-state index in [4.69, 9.17) is 4.74 Å². The third kappa shape index (κ3) is 3.67. The van der Waals surface area contributed by atoms with Gasteiger partial charge in [-0.3, -0.25) is 9.69 Å². The van der Waals surface area contributed by atoms with Crippen molar-refractivity contribution in [1.29, 1.82) is 0 Å². The number of ether oxygens (including phenoxy) is 1. The van der Waals surface area contributed by atoms with Crippen LogP contribution in [0.4, 0.5) is 4.79 Å². The molecular formula is C14H16N2O6S. The molecule has 0 radical (unpaired) electrons. The van der Waals surface area contributed by atoms with Crippen LogP contribution in [0.2, 0.25) is 0 Å². The normalized spacial score (nSPS) is 15.9. The number of amides is 3. The summed E-state index contributed by atoms with van der Waals surface area (Å²) in [7, 11) is -3.62. The molecule has 1 N–H and O–H groups in total. The standard InChI is InChI=1S/C14H16N2O6S/c1-9(12(17)16-8-7-15-14(16)19)22-13(18)10-5-3-4-6-11(10)23(2,20)21/h3-6,9H,7-8H2,1-2H3,(H,15,19). The first-order valence-corrected chi connectivity index (χ1v) is 8.70. The van der Waals surface area contributed by atoms with Crippen molar-refractivity contribution in [2.24, 2.45) is 0 Å². The van der Waals surface area contributed by atoms with Crippen LogP contribution in [-0.4, -0.2) is 56.7 Å². The zero-order valence-corrected chi connectivity index (χ0v) is 13.4. The van der Waals surface area contributed by atoms with Crippen LogP contribution in [0.3, 0.4) is 0 Å². The first-order valence-electron chi connectivity index (χ1n) is 6.81. The molecule has 8 nitrogen and oxygen atoms in total. The van der Waals surface area contributed by atoms with E-state index in [0.29, 0.717) is 6.54 Å². The SMILES string of the molecule is CC(OC(=O)c1ccccc1S(C)(=O)=O)C(=O)N1CCNC1=O. The summed E-state index contributed by atoms with van der Waals surface area (Å²) in [6.07, 6.45) is -0.235. The van der Waals surface area contributed by atoms with Gasteiger partial charge in [0.05, 0.1) is 10.5 Å². The van der Waals surface area contributed by atoms with Gasteiger partial charge in [-0.2, -0.15) is 0 Å². The van der Waals surface area contributed by atoms with E-state index < -0.39 is 33.8 Å². The lowest BCUT2D eigenvalue weighted by atomic mass is 10.2. The van der Waals surface area contributed by atoms with E-state index in [0.717, 1.165) is 11.2 Å². The Bertz CT molecular complexity index is 758. The molecule has 3 amide bonds. The molecule has 1 aliphatic heterocycles. The van der Waals surface area contributed by atoms with Gasteiger partial charge in [0, 0.05) is 19.3 Å². The van der Waals surface area contributed by atoms with Crippen LogP contribution in [0.1, 0.15) is 17.3 Å². The topological polar surface area (TPSA) is 110 Å². The highest BCUT2D eigenvalue weighted by Crippen LogP contribution is 2.17. The Morgan fingerprint density at radius 2 is 1.96 bits per heavy atom. The predicted octanol–water partition coefficient (Wildman–Crippen LogP) is 0.187. The fourth-order valence-electron chi connectivity index (χ4n) is 2.13. The van der Waals surface area contributed by atoms with Gasteiger partial charge in [0.15, 0.2) is 15.9 Å². The van der Waals surface area contributed by atoms with Gasteiger partial charge >= 0.3 is 12.0 Å². The number of hydrogen-bond donors (Lipinski definition) is 1. The Kier molecular flexibility index (Phi) is 4.69. The van der Waals surface area contributed by atoms with Crippen molar-refractivity contribution in [1.82, 2.24) is 10.2 Å². The van der Waals surface area contributed by atoms with Crippen molar-refractivity contribution >= 4 is 27.7 Å². The van der Waals surface area contributed by atoms with Gasteiger partial charge in [-0.25, -0.2) is 18.0 Å². The highest BCUT2D eigenvalue weighted by atomic mass is 32.2. The minimum Gasteiger partial charge on any atom is -0.449 e. The third-order valence-corrected chi connectivity index (χ3v) is 4.42. The molecule has 1 fully saturated rings. The average Bonchev–Trinajstić information content (AvgIpc) is 2.91. The lowest BCUT2D eigenvalue weighted by molar-refractivity contribution is -0.136. The van der Waals surface area contributed by atoms with E-state index in [1.54, 1.807) is 0 Å². The summed E-state index contributed by atoms with van der Waals surface area (Å²) in [5.74, 6) is -1.60. The Hall–Kier alpha value is -2.42. The molecule has 124 valence electrons. The molecule has 1 heterocycles.